The average molecular weight is 507 g/mol. The highest BCUT2D eigenvalue weighted by atomic mass is 32.2. The van der Waals surface area contributed by atoms with Crippen LogP contribution in [0.15, 0.2) is 83.6 Å². The minimum absolute atomic E-state index is 0.0559. The van der Waals surface area contributed by atoms with Crippen LogP contribution in [0.25, 0.3) is 27.5 Å². The summed E-state index contributed by atoms with van der Waals surface area (Å²) in [6.45, 7) is 1.49. The summed E-state index contributed by atoms with van der Waals surface area (Å²) in [5.41, 5.74) is 7.59. The van der Waals surface area contributed by atoms with Gasteiger partial charge in [-0.2, -0.15) is 0 Å². The van der Waals surface area contributed by atoms with Gasteiger partial charge in [-0.1, -0.05) is 36.4 Å². The first-order chi connectivity index (χ1) is 17.1. The summed E-state index contributed by atoms with van der Waals surface area (Å²) in [5, 5.41) is 9.34. The summed E-state index contributed by atoms with van der Waals surface area (Å²) in [5.74, 6) is -1.44. The molecule has 1 amide bonds. The molecule has 0 unspecified atom stereocenters. The van der Waals surface area contributed by atoms with E-state index in [9.17, 15) is 13.2 Å². The van der Waals surface area contributed by atoms with Gasteiger partial charge in [0, 0.05) is 17.1 Å². The molecule has 0 aliphatic rings. The lowest BCUT2D eigenvalue weighted by Gasteiger charge is -2.14. The summed E-state index contributed by atoms with van der Waals surface area (Å²) >= 11 is 0. The Morgan fingerprint density at radius 3 is 2.53 bits per heavy atom. The van der Waals surface area contributed by atoms with Gasteiger partial charge in [0.15, 0.2) is 5.83 Å². The van der Waals surface area contributed by atoms with E-state index < -0.39 is 21.8 Å². The number of anilines is 2. The van der Waals surface area contributed by atoms with Crippen molar-refractivity contribution in [2.75, 3.05) is 18.2 Å². The standard InChI is InChI=1S/C26H23FN4O4S/c1-15(17-8-7-16-11-12-30-25(28)20(16)13-17)24(27)26(32)31-21-10-9-18(14-22(21)35-2)19-5-3-4-6-23(19)36(29,33)34/h3-14H,1-2H3,(H2,28,30)(H,31,32)(H2,29,33,34)/b24-15+. The van der Waals surface area contributed by atoms with E-state index in [1.165, 1.54) is 32.2 Å². The highest BCUT2D eigenvalue weighted by Gasteiger charge is 2.19. The lowest BCUT2D eigenvalue weighted by molar-refractivity contribution is -0.114. The molecule has 0 bridgehead atoms. The van der Waals surface area contributed by atoms with E-state index in [0.29, 0.717) is 27.9 Å². The van der Waals surface area contributed by atoms with Crippen molar-refractivity contribution in [3.63, 3.8) is 0 Å². The number of hydrogen-bond donors (Lipinski definition) is 3. The number of aromatic nitrogens is 1. The number of primary sulfonamides is 1. The summed E-state index contributed by atoms with van der Waals surface area (Å²) in [6.07, 6.45) is 1.58. The predicted octanol–water partition coefficient (Wildman–Crippen LogP) is 4.48. The largest absolute Gasteiger partial charge is 0.495 e. The molecule has 3 aromatic carbocycles. The topological polar surface area (TPSA) is 137 Å². The fourth-order valence-corrected chi connectivity index (χ4v) is 4.57. The van der Waals surface area contributed by atoms with Crippen LogP contribution in [0.5, 0.6) is 5.75 Å². The number of allylic oxidation sites excluding steroid dienone is 1. The fourth-order valence-electron chi connectivity index (χ4n) is 3.81. The number of nitrogens with one attached hydrogen (secondary N) is 1. The molecule has 8 nitrogen and oxygen atoms in total. The van der Waals surface area contributed by atoms with Crippen LogP contribution in [0.3, 0.4) is 0 Å². The summed E-state index contributed by atoms with van der Waals surface area (Å²) in [7, 11) is -2.59. The molecule has 5 N–H and O–H groups in total. The first-order valence-electron chi connectivity index (χ1n) is 10.7. The lowest BCUT2D eigenvalue weighted by atomic mass is 10.0. The van der Waals surface area contributed by atoms with Gasteiger partial charge in [-0.15, -0.1) is 0 Å². The van der Waals surface area contributed by atoms with Gasteiger partial charge in [-0.25, -0.2) is 22.9 Å². The van der Waals surface area contributed by atoms with Gasteiger partial charge < -0.3 is 15.8 Å². The first-order valence-corrected chi connectivity index (χ1v) is 12.3. The molecule has 0 saturated heterocycles. The second-order valence-corrected chi connectivity index (χ2v) is 9.51. The number of hydrogen-bond acceptors (Lipinski definition) is 6. The Kier molecular flexibility index (Phi) is 6.73. The van der Waals surface area contributed by atoms with Gasteiger partial charge in [0.1, 0.15) is 11.6 Å². The Hall–Kier alpha value is -4.28. The molecule has 0 aliphatic carbocycles. The number of methoxy groups -OCH3 is 1. The number of benzene rings is 3. The Morgan fingerprint density at radius 2 is 1.81 bits per heavy atom. The normalized spacial score (nSPS) is 12.2. The van der Waals surface area contributed by atoms with E-state index in [1.807, 2.05) is 0 Å². The molecule has 184 valence electrons. The van der Waals surface area contributed by atoms with Gasteiger partial charge in [-0.05, 0) is 59.3 Å². The summed E-state index contributed by atoms with van der Waals surface area (Å²) < 4.78 is 44.4. The van der Waals surface area contributed by atoms with Crippen molar-refractivity contribution in [1.29, 1.82) is 0 Å². The molecule has 10 heteroatoms. The first kappa shape index (κ1) is 24.8. The number of carbonyl (C=O) groups is 1. The van der Waals surface area contributed by atoms with Crippen LogP contribution in [0.2, 0.25) is 0 Å². The molecule has 0 aliphatic heterocycles. The van der Waals surface area contributed by atoms with Crippen molar-refractivity contribution in [3.8, 4) is 16.9 Å². The molecule has 4 aromatic rings. The highest BCUT2D eigenvalue weighted by molar-refractivity contribution is 7.89. The molecule has 1 heterocycles. The molecule has 36 heavy (non-hydrogen) atoms. The van der Waals surface area contributed by atoms with Crippen LogP contribution in [0.4, 0.5) is 15.9 Å². The van der Waals surface area contributed by atoms with Gasteiger partial charge in [-0.3, -0.25) is 4.79 Å². The second kappa shape index (κ2) is 9.76. The molecule has 0 spiro atoms. The zero-order valence-corrected chi connectivity index (χ0v) is 20.3. The van der Waals surface area contributed by atoms with Crippen molar-refractivity contribution in [1.82, 2.24) is 4.98 Å². The van der Waals surface area contributed by atoms with E-state index >= 15 is 4.39 Å². The SMILES string of the molecule is COc1cc(-c2ccccc2S(N)(=O)=O)ccc1NC(=O)/C(F)=C(/C)c1ccc2ccnc(N)c2c1. The molecule has 0 saturated carbocycles. The van der Waals surface area contributed by atoms with Crippen LogP contribution in [-0.2, 0) is 14.8 Å². The Morgan fingerprint density at radius 1 is 1.06 bits per heavy atom. The van der Waals surface area contributed by atoms with Gasteiger partial charge in [0.05, 0.1) is 17.7 Å². The van der Waals surface area contributed by atoms with E-state index in [-0.39, 0.29) is 21.9 Å². The number of amides is 1. The van der Waals surface area contributed by atoms with Crippen molar-refractivity contribution in [2.45, 2.75) is 11.8 Å². The quantitative estimate of drug-likeness (QED) is 0.330. The number of nitrogen functional groups attached to an aromatic ring is 1. The number of nitrogens with zero attached hydrogens (tertiary/aromatic N) is 1. The van der Waals surface area contributed by atoms with E-state index in [1.54, 1.807) is 54.7 Å². The number of rotatable bonds is 6. The number of pyridine rings is 1. The second-order valence-electron chi connectivity index (χ2n) is 7.98. The number of halogens is 1. The molecule has 0 fully saturated rings. The van der Waals surface area contributed by atoms with Crippen LogP contribution in [0.1, 0.15) is 12.5 Å². The van der Waals surface area contributed by atoms with Gasteiger partial charge in [0.2, 0.25) is 10.0 Å². The number of carbonyl (C=O) groups excluding carboxylic acids is 1. The van der Waals surface area contributed by atoms with Crippen molar-refractivity contribution < 1.29 is 22.3 Å². The Labute approximate surface area is 207 Å². The summed E-state index contributed by atoms with van der Waals surface area (Å²) in [6, 6.07) is 17.8. The zero-order chi connectivity index (χ0) is 26.0. The maximum atomic E-state index is 15.1. The number of fused-ring (bicyclic) bond motifs is 1. The van der Waals surface area contributed by atoms with E-state index in [0.717, 1.165) is 5.39 Å². The van der Waals surface area contributed by atoms with Crippen LogP contribution < -0.4 is 20.9 Å². The third-order valence-electron chi connectivity index (χ3n) is 5.71. The van der Waals surface area contributed by atoms with Crippen molar-refractivity contribution in [3.05, 3.63) is 84.3 Å². The number of ether oxygens (including phenoxy) is 1. The number of sulfonamides is 1. The van der Waals surface area contributed by atoms with Crippen LogP contribution >= 0.6 is 0 Å². The van der Waals surface area contributed by atoms with E-state index in [2.05, 4.69) is 10.3 Å². The maximum absolute atomic E-state index is 15.1. The molecular weight excluding hydrogens is 483 g/mol. The molecule has 0 radical (unpaired) electrons. The van der Waals surface area contributed by atoms with Crippen LogP contribution in [0, 0.1) is 0 Å². The molecule has 0 atom stereocenters. The third kappa shape index (κ3) is 4.90. The van der Waals surface area contributed by atoms with Crippen molar-refractivity contribution in [2.24, 2.45) is 5.14 Å². The molecule has 1 aromatic heterocycles. The Bertz CT molecular complexity index is 1630. The van der Waals surface area contributed by atoms with Crippen LogP contribution in [-0.4, -0.2) is 26.4 Å². The predicted molar refractivity (Wildman–Crippen MR) is 138 cm³/mol. The third-order valence-corrected chi connectivity index (χ3v) is 6.68. The van der Waals surface area contributed by atoms with E-state index in [4.69, 9.17) is 15.6 Å². The minimum atomic E-state index is -3.97. The smallest absolute Gasteiger partial charge is 0.284 e. The maximum Gasteiger partial charge on any atom is 0.284 e. The molecular formula is C26H23FN4O4S. The fraction of sp³-hybridized carbons (Fsp3) is 0.0769. The van der Waals surface area contributed by atoms with Crippen molar-refractivity contribution >= 4 is 43.8 Å². The lowest BCUT2D eigenvalue weighted by Crippen LogP contribution is -2.14. The highest BCUT2D eigenvalue weighted by Crippen LogP contribution is 2.34. The monoisotopic (exact) mass is 506 g/mol. The number of nitrogens with two attached hydrogens (primary N) is 2. The summed E-state index contributed by atoms with van der Waals surface area (Å²) in [4.78, 5) is 16.7. The minimum Gasteiger partial charge on any atom is -0.495 e. The Balaban J connectivity index is 1.65. The van der Waals surface area contributed by atoms with Gasteiger partial charge >= 0.3 is 0 Å². The van der Waals surface area contributed by atoms with Gasteiger partial charge in [0.25, 0.3) is 5.91 Å². The zero-order valence-electron chi connectivity index (χ0n) is 19.4. The molecule has 4 rings (SSSR count). The average Bonchev–Trinajstić information content (AvgIpc) is 2.87.